The first-order valence-electron chi connectivity index (χ1n) is 5.51. The first-order valence-corrected chi connectivity index (χ1v) is 7.12. The molecule has 1 aromatic rings. The van der Waals surface area contributed by atoms with Crippen LogP contribution in [0.15, 0.2) is 18.2 Å². The number of hydrogen-bond donors (Lipinski definition) is 3. The number of nitrogens with two attached hydrogens (primary N) is 1. The molecular weight excluding hydrogens is 270 g/mol. The largest absolute Gasteiger partial charge is 0.505 e. The van der Waals surface area contributed by atoms with Gasteiger partial charge in [0.25, 0.3) is 5.91 Å². The molecule has 0 unspecified atom stereocenters. The molecule has 1 rings (SSSR count). The quantitative estimate of drug-likeness (QED) is 0.503. The van der Waals surface area contributed by atoms with Crippen LogP contribution in [0.1, 0.15) is 10.4 Å². The van der Waals surface area contributed by atoms with E-state index < -0.39 is 15.9 Å². The van der Waals surface area contributed by atoms with E-state index in [1.807, 2.05) is 0 Å². The fraction of sp³-hybridized carbons (Fsp3) is 0.364. The summed E-state index contributed by atoms with van der Waals surface area (Å²) in [5.41, 5.74) is 5.57. The van der Waals surface area contributed by atoms with E-state index in [9.17, 15) is 18.3 Å². The molecule has 1 aromatic carbocycles. The van der Waals surface area contributed by atoms with Crippen molar-refractivity contribution in [3.05, 3.63) is 23.8 Å². The molecule has 1 amide bonds. The van der Waals surface area contributed by atoms with Crippen molar-refractivity contribution in [2.45, 2.75) is 0 Å². The molecule has 0 aliphatic heterocycles. The van der Waals surface area contributed by atoms with Gasteiger partial charge in [0.05, 0.1) is 17.0 Å². The van der Waals surface area contributed by atoms with Gasteiger partial charge in [0.15, 0.2) is 5.75 Å². The number of para-hydroxylation sites is 1. The normalized spacial score (nSPS) is 11.5. The van der Waals surface area contributed by atoms with Crippen LogP contribution in [0.5, 0.6) is 5.75 Å². The highest BCUT2D eigenvalue weighted by Crippen LogP contribution is 2.23. The maximum atomic E-state index is 11.7. The monoisotopic (exact) mass is 287 g/mol. The Morgan fingerprint density at radius 3 is 2.63 bits per heavy atom. The number of aromatic hydroxyl groups is 1. The van der Waals surface area contributed by atoms with Crippen LogP contribution in [-0.2, 0) is 10.0 Å². The molecule has 0 radical (unpaired) electrons. The molecule has 0 bridgehead atoms. The number of benzene rings is 1. The Morgan fingerprint density at radius 1 is 1.42 bits per heavy atom. The summed E-state index contributed by atoms with van der Waals surface area (Å²) >= 11 is 0. The van der Waals surface area contributed by atoms with Gasteiger partial charge in [-0.05, 0) is 12.1 Å². The molecule has 0 aromatic heterocycles. The smallest absolute Gasteiger partial charge is 0.255 e. The van der Waals surface area contributed by atoms with Gasteiger partial charge in [-0.2, -0.15) is 0 Å². The Labute approximate surface area is 112 Å². The zero-order chi connectivity index (χ0) is 14.6. The zero-order valence-corrected chi connectivity index (χ0v) is 11.6. The summed E-state index contributed by atoms with van der Waals surface area (Å²) in [4.78, 5) is 11.7. The van der Waals surface area contributed by atoms with Gasteiger partial charge in [-0.15, -0.1) is 0 Å². The van der Waals surface area contributed by atoms with Crippen LogP contribution < -0.4 is 11.1 Å². The Hall–Kier alpha value is -1.80. The molecule has 8 heteroatoms. The number of rotatable bonds is 5. The third-order valence-corrected chi connectivity index (χ3v) is 4.35. The zero-order valence-electron chi connectivity index (χ0n) is 10.8. The van der Waals surface area contributed by atoms with E-state index in [1.54, 1.807) is 0 Å². The van der Waals surface area contributed by atoms with Gasteiger partial charge >= 0.3 is 0 Å². The lowest BCUT2D eigenvalue weighted by molar-refractivity contribution is 0.0953. The van der Waals surface area contributed by atoms with Gasteiger partial charge in [-0.25, -0.2) is 12.7 Å². The highest BCUT2D eigenvalue weighted by atomic mass is 32.2. The topological polar surface area (TPSA) is 113 Å². The second-order valence-corrected chi connectivity index (χ2v) is 6.40. The van der Waals surface area contributed by atoms with Crippen molar-refractivity contribution in [1.29, 1.82) is 0 Å². The van der Waals surface area contributed by atoms with Crippen molar-refractivity contribution in [1.82, 2.24) is 9.62 Å². The number of nitrogens with one attached hydrogen (secondary N) is 1. The molecule has 0 heterocycles. The molecule has 0 atom stereocenters. The summed E-state index contributed by atoms with van der Waals surface area (Å²) in [6.07, 6.45) is 0. The summed E-state index contributed by atoms with van der Waals surface area (Å²) in [5, 5.41) is 12.0. The molecule has 4 N–H and O–H groups in total. The predicted octanol–water partition coefficient (Wildman–Crippen LogP) is -0.404. The van der Waals surface area contributed by atoms with E-state index in [2.05, 4.69) is 5.32 Å². The molecule has 0 aliphatic carbocycles. The van der Waals surface area contributed by atoms with Gasteiger partial charge in [-0.3, -0.25) is 4.79 Å². The number of carbonyl (C=O) groups is 1. The summed E-state index contributed by atoms with van der Waals surface area (Å²) < 4.78 is 24.0. The number of hydrogen-bond acceptors (Lipinski definition) is 5. The van der Waals surface area contributed by atoms with Crippen LogP contribution in [0.25, 0.3) is 0 Å². The van der Waals surface area contributed by atoms with Gasteiger partial charge in [0.2, 0.25) is 10.0 Å². The average molecular weight is 287 g/mol. The summed E-state index contributed by atoms with van der Waals surface area (Å²) in [6.45, 7) is -0.0480. The van der Waals surface area contributed by atoms with E-state index in [4.69, 9.17) is 5.73 Å². The van der Waals surface area contributed by atoms with Crippen molar-refractivity contribution >= 4 is 21.6 Å². The maximum Gasteiger partial charge on any atom is 0.255 e. The number of amides is 1. The lowest BCUT2D eigenvalue weighted by Gasteiger charge is -2.12. The van der Waals surface area contributed by atoms with Crippen LogP contribution in [0.2, 0.25) is 0 Å². The summed E-state index contributed by atoms with van der Waals surface area (Å²) in [6, 6.07) is 4.39. The number of phenols is 1. The third-order valence-electron chi connectivity index (χ3n) is 2.51. The maximum absolute atomic E-state index is 11.7. The van der Waals surface area contributed by atoms with E-state index in [0.717, 1.165) is 4.31 Å². The van der Waals surface area contributed by atoms with Gasteiger partial charge in [-0.1, -0.05) is 6.07 Å². The van der Waals surface area contributed by atoms with E-state index in [0.29, 0.717) is 0 Å². The molecule has 0 spiro atoms. The molecule has 0 saturated heterocycles. The molecular formula is C11H17N3O4S. The number of sulfonamides is 1. The Balaban J connectivity index is 2.65. The first kappa shape index (κ1) is 15.3. The second kappa shape index (κ2) is 5.89. The molecule has 0 saturated carbocycles. The van der Waals surface area contributed by atoms with Crippen LogP contribution in [0, 0.1) is 0 Å². The number of nitrogen functional groups attached to an aromatic ring is 1. The van der Waals surface area contributed by atoms with Crippen LogP contribution in [0.4, 0.5) is 5.69 Å². The fourth-order valence-electron chi connectivity index (χ4n) is 1.32. The minimum Gasteiger partial charge on any atom is -0.505 e. The summed E-state index contributed by atoms with van der Waals surface area (Å²) in [5.74, 6) is -1.09. The SMILES string of the molecule is CN(C)S(=O)(=O)CCNC(=O)c1cccc(N)c1O. The van der Waals surface area contributed by atoms with Crippen molar-refractivity contribution in [2.75, 3.05) is 32.1 Å². The molecule has 0 fully saturated rings. The molecule has 106 valence electrons. The molecule has 0 aliphatic rings. The van der Waals surface area contributed by atoms with Crippen LogP contribution in [0.3, 0.4) is 0 Å². The van der Waals surface area contributed by atoms with Crippen molar-refractivity contribution < 1.29 is 18.3 Å². The predicted molar refractivity (Wildman–Crippen MR) is 72.3 cm³/mol. The minimum absolute atomic E-state index is 0.0160. The van der Waals surface area contributed by atoms with Gasteiger partial charge in [0, 0.05) is 20.6 Å². The van der Waals surface area contributed by atoms with Crippen LogP contribution >= 0.6 is 0 Å². The number of phenolic OH excluding ortho intramolecular Hbond substituents is 1. The number of nitrogens with zero attached hydrogens (tertiary/aromatic N) is 1. The highest BCUT2D eigenvalue weighted by molar-refractivity contribution is 7.89. The average Bonchev–Trinajstić information content (AvgIpc) is 2.32. The minimum atomic E-state index is -3.36. The third kappa shape index (κ3) is 3.83. The standard InChI is InChI=1S/C11H17N3O4S/c1-14(2)19(17,18)7-6-13-11(16)8-4-3-5-9(12)10(8)15/h3-5,15H,6-7,12H2,1-2H3,(H,13,16). The van der Waals surface area contributed by atoms with Crippen molar-refractivity contribution in [3.63, 3.8) is 0 Å². The Bertz CT molecular complexity index is 569. The first-order chi connectivity index (χ1) is 8.75. The van der Waals surface area contributed by atoms with Crippen molar-refractivity contribution in [2.24, 2.45) is 0 Å². The Kier molecular flexibility index (Phi) is 4.73. The number of carbonyl (C=O) groups excluding carboxylic acids is 1. The number of anilines is 1. The lowest BCUT2D eigenvalue weighted by atomic mass is 10.1. The molecule has 7 nitrogen and oxygen atoms in total. The fourth-order valence-corrected chi connectivity index (χ4v) is 2.04. The second-order valence-electron chi connectivity index (χ2n) is 4.10. The van der Waals surface area contributed by atoms with Gasteiger partial charge in [0.1, 0.15) is 0 Å². The van der Waals surface area contributed by atoms with Gasteiger partial charge < -0.3 is 16.2 Å². The lowest BCUT2D eigenvalue weighted by Crippen LogP contribution is -2.33. The van der Waals surface area contributed by atoms with E-state index >= 15 is 0 Å². The van der Waals surface area contributed by atoms with E-state index in [-0.39, 0.29) is 29.3 Å². The van der Waals surface area contributed by atoms with Crippen molar-refractivity contribution in [3.8, 4) is 5.75 Å². The Morgan fingerprint density at radius 2 is 2.05 bits per heavy atom. The molecule has 19 heavy (non-hydrogen) atoms. The van der Waals surface area contributed by atoms with Crippen LogP contribution in [-0.4, -0.2) is 50.1 Å². The van der Waals surface area contributed by atoms with E-state index in [1.165, 1.54) is 32.3 Å². The highest BCUT2D eigenvalue weighted by Gasteiger charge is 2.16. The summed E-state index contributed by atoms with van der Waals surface area (Å²) in [7, 11) is -0.528.